The van der Waals surface area contributed by atoms with Crippen LogP contribution in [-0.2, 0) is 27.8 Å². The summed E-state index contributed by atoms with van der Waals surface area (Å²) in [6.07, 6.45) is 3.51. The predicted molar refractivity (Wildman–Crippen MR) is 127 cm³/mol. The fourth-order valence-electron chi connectivity index (χ4n) is 4.10. The molecule has 0 unspecified atom stereocenters. The van der Waals surface area contributed by atoms with Gasteiger partial charge in [0.15, 0.2) is 0 Å². The summed E-state index contributed by atoms with van der Waals surface area (Å²) in [7, 11) is -3.62. The molecule has 4 aromatic rings. The first-order valence-electron chi connectivity index (χ1n) is 11.0. The van der Waals surface area contributed by atoms with Crippen LogP contribution in [0.5, 0.6) is 0 Å². The Morgan fingerprint density at radius 1 is 1.18 bits per heavy atom. The fraction of sp³-hybridized carbons (Fsp3) is 0.409. The van der Waals surface area contributed by atoms with E-state index in [4.69, 9.17) is 9.72 Å². The van der Waals surface area contributed by atoms with Gasteiger partial charge < -0.3 is 9.30 Å². The van der Waals surface area contributed by atoms with Gasteiger partial charge in [0.1, 0.15) is 10.7 Å². The summed E-state index contributed by atoms with van der Waals surface area (Å²) in [5.41, 5.74) is 1.36. The number of nitrogens with zero attached hydrogens (tertiary/aromatic N) is 5. The quantitative estimate of drug-likeness (QED) is 0.397. The normalized spacial score (nSPS) is 15.5. The van der Waals surface area contributed by atoms with Gasteiger partial charge in [-0.1, -0.05) is 13.3 Å². The number of imidazole rings is 1. The van der Waals surface area contributed by atoms with E-state index in [-0.39, 0.29) is 17.0 Å². The largest absolute Gasteiger partial charge is 0.379 e. The van der Waals surface area contributed by atoms with Crippen molar-refractivity contribution in [1.29, 1.82) is 0 Å². The highest BCUT2D eigenvalue weighted by Crippen LogP contribution is 2.24. The van der Waals surface area contributed by atoms with E-state index < -0.39 is 10.0 Å². The van der Waals surface area contributed by atoms with Crippen molar-refractivity contribution in [1.82, 2.24) is 23.4 Å². The summed E-state index contributed by atoms with van der Waals surface area (Å²) in [6, 6.07) is 6.88. The number of aromatic nitrogens is 4. The summed E-state index contributed by atoms with van der Waals surface area (Å²) in [4.78, 5) is 23.0. The smallest absolute Gasteiger partial charge is 0.262 e. The number of benzene rings is 1. The van der Waals surface area contributed by atoms with Crippen LogP contribution < -0.4 is 5.56 Å². The first kappa shape index (κ1) is 22.2. The van der Waals surface area contributed by atoms with E-state index in [0.717, 1.165) is 24.9 Å². The number of morpholine rings is 1. The molecule has 0 aliphatic carbocycles. The van der Waals surface area contributed by atoms with Crippen LogP contribution in [0.2, 0.25) is 0 Å². The van der Waals surface area contributed by atoms with Gasteiger partial charge in [-0.25, -0.2) is 18.4 Å². The van der Waals surface area contributed by atoms with Gasteiger partial charge in [0.05, 0.1) is 47.4 Å². The van der Waals surface area contributed by atoms with Crippen molar-refractivity contribution < 1.29 is 13.2 Å². The van der Waals surface area contributed by atoms with Crippen LogP contribution in [0.1, 0.15) is 25.6 Å². The molecule has 1 aromatic carbocycles. The molecule has 0 atom stereocenters. The second kappa shape index (κ2) is 8.98. The van der Waals surface area contributed by atoms with Crippen LogP contribution in [0.3, 0.4) is 0 Å². The number of hydrogen-bond donors (Lipinski definition) is 0. The van der Waals surface area contributed by atoms with E-state index in [2.05, 4.69) is 16.5 Å². The molecule has 3 aromatic heterocycles. The number of fused-ring (bicyclic) bond motifs is 2. The van der Waals surface area contributed by atoms with Crippen molar-refractivity contribution in [2.24, 2.45) is 0 Å². The van der Waals surface area contributed by atoms with Gasteiger partial charge in [-0.05, 0) is 36.1 Å². The molecule has 0 amide bonds. The Bertz CT molecular complexity index is 1470. The van der Waals surface area contributed by atoms with Crippen LogP contribution in [-0.4, -0.2) is 58.1 Å². The molecule has 1 aliphatic heterocycles. The van der Waals surface area contributed by atoms with Gasteiger partial charge in [-0.3, -0.25) is 9.36 Å². The van der Waals surface area contributed by atoms with Crippen molar-refractivity contribution in [3.05, 3.63) is 52.2 Å². The first-order chi connectivity index (χ1) is 16.0. The standard InChI is InChI=1S/C22H25N5O4S2/c1-2-3-7-27-19-5-4-16(33(29,30)26-8-10-31-11-9-26)13-18(19)24-20(27)14-25-15-23-21-17(22(25)28)6-12-32-21/h4-6,12-13,15H,2-3,7-11,14H2,1H3. The van der Waals surface area contributed by atoms with Crippen LogP contribution >= 0.6 is 11.3 Å². The summed E-state index contributed by atoms with van der Waals surface area (Å²) < 4.78 is 36.6. The average Bonchev–Trinajstić information content (AvgIpc) is 3.44. The molecule has 5 rings (SSSR count). The number of thiophene rings is 1. The molecule has 0 bridgehead atoms. The number of unbranched alkanes of at least 4 members (excludes halogenated alkanes) is 1. The van der Waals surface area contributed by atoms with Gasteiger partial charge in [-0.2, -0.15) is 4.31 Å². The van der Waals surface area contributed by atoms with Gasteiger partial charge in [0.2, 0.25) is 10.0 Å². The molecule has 11 heteroatoms. The number of sulfonamides is 1. The lowest BCUT2D eigenvalue weighted by molar-refractivity contribution is 0.0730. The zero-order chi connectivity index (χ0) is 23.0. The fourth-order valence-corrected chi connectivity index (χ4v) is 6.25. The molecule has 0 spiro atoms. The van der Waals surface area contributed by atoms with Gasteiger partial charge in [0, 0.05) is 19.6 Å². The van der Waals surface area contributed by atoms with Crippen molar-refractivity contribution >= 4 is 42.6 Å². The van der Waals surface area contributed by atoms with Crippen molar-refractivity contribution in [2.75, 3.05) is 26.3 Å². The molecule has 1 aliphatic rings. The molecule has 0 N–H and O–H groups in total. The number of rotatable bonds is 7. The van der Waals surface area contributed by atoms with E-state index in [0.29, 0.717) is 47.9 Å². The average molecular weight is 488 g/mol. The summed E-state index contributed by atoms with van der Waals surface area (Å²) in [5, 5.41) is 2.45. The SMILES string of the molecule is CCCCn1c(Cn2cnc3sccc3c2=O)nc2cc(S(=O)(=O)N3CCOCC3)ccc21. The van der Waals surface area contributed by atoms with Crippen LogP contribution in [0.25, 0.3) is 21.3 Å². The van der Waals surface area contributed by atoms with Gasteiger partial charge >= 0.3 is 0 Å². The molecule has 33 heavy (non-hydrogen) atoms. The minimum Gasteiger partial charge on any atom is -0.379 e. The molecule has 1 fully saturated rings. The highest BCUT2D eigenvalue weighted by Gasteiger charge is 2.27. The molecule has 0 radical (unpaired) electrons. The van der Waals surface area contributed by atoms with Crippen LogP contribution in [0, 0.1) is 0 Å². The molecule has 4 heterocycles. The Hall–Kier alpha value is -2.60. The number of ether oxygens (including phenoxy) is 1. The molecule has 9 nitrogen and oxygen atoms in total. The zero-order valence-electron chi connectivity index (χ0n) is 18.3. The Morgan fingerprint density at radius 3 is 2.79 bits per heavy atom. The third kappa shape index (κ3) is 4.10. The third-order valence-corrected chi connectivity index (χ3v) is 8.62. The second-order valence-electron chi connectivity index (χ2n) is 8.02. The van der Waals surface area contributed by atoms with Crippen molar-refractivity contribution in [2.45, 2.75) is 37.8 Å². The second-order valence-corrected chi connectivity index (χ2v) is 10.8. The van der Waals surface area contributed by atoms with Crippen molar-refractivity contribution in [3.63, 3.8) is 0 Å². The van der Waals surface area contributed by atoms with Crippen LogP contribution in [0.15, 0.2) is 45.7 Å². The van der Waals surface area contributed by atoms with Crippen molar-refractivity contribution in [3.8, 4) is 0 Å². The zero-order valence-corrected chi connectivity index (χ0v) is 19.9. The molecule has 174 valence electrons. The van der Waals surface area contributed by atoms with Gasteiger partial charge in [-0.15, -0.1) is 11.3 Å². The molecule has 1 saturated heterocycles. The summed E-state index contributed by atoms with van der Waals surface area (Å²) in [5.74, 6) is 0.706. The van der Waals surface area contributed by atoms with E-state index in [1.54, 1.807) is 29.1 Å². The lowest BCUT2D eigenvalue weighted by Gasteiger charge is -2.26. The highest BCUT2D eigenvalue weighted by molar-refractivity contribution is 7.89. The minimum absolute atomic E-state index is 0.106. The lowest BCUT2D eigenvalue weighted by atomic mass is 10.3. The Morgan fingerprint density at radius 2 is 2.00 bits per heavy atom. The maximum atomic E-state index is 13.1. The van der Waals surface area contributed by atoms with E-state index in [1.165, 1.54) is 15.6 Å². The number of hydrogen-bond acceptors (Lipinski definition) is 7. The van der Waals surface area contributed by atoms with E-state index in [1.807, 2.05) is 11.4 Å². The monoisotopic (exact) mass is 487 g/mol. The lowest BCUT2D eigenvalue weighted by Crippen LogP contribution is -2.40. The Balaban J connectivity index is 1.56. The molecular weight excluding hydrogens is 462 g/mol. The molecule has 0 saturated carbocycles. The Labute approximate surface area is 195 Å². The number of aryl methyl sites for hydroxylation is 1. The maximum absolute atomic E-state index is 13.1. The van der Waals surface area contributed by atoms with Crippen LogP contribution in [0.4, 0.5) is 0 Å². The summed E-state index contributed by atoms with van der Waals surface area (Å²) >= 11 is 1.44. The first-order valence-corrected chi connectivity index (χ1v) is 13.3. The predicted octanol–water partition coefficient (Wildman–Crippen LogP) is 2.68. The molecular formula is C22H25N5O4S2. The highest BCUT2D eigenvalue weighted by atomic mass is 32.2. The minimum atomic E-state index is -3.62. The van der Waals surface area contributed by atoms with E-state index in [9.17, 15) is 13.2 Å². The Kier molecular flexibility index (Phi) is 6.04. The maximum Gasteiger partial charge on any atom is 0.262 e. The summed E-state index contributed by atoms with van der Waals surface area (Å²) in [6.45, 7) is 4.60. The van der Waals surface area contributed by atoms with E-state index >= 15 is 0 Å². The van der Waals surface area contributed by atoms with Gasteiger partial charge in [0.25, 0.3) is 5.56 Å². The third-order valence-electron chi connectivity index (χ3n) is 5.90. The topological polar surface area (TPSA) is 99.3 Å².